The number of nitrogens with zero attached hydrogens (tertiary/aromatic N) is 1. The Bertz CT molecular complexity index is 632. The van der Waals surface area contributed by atoms with Gasteiger partial charge < -0.3 is 10.5 Å². The van der Waals surface area contributed by atoms with E-state index in [4.69, 9.17) is 5.21 Å². The fourth-order valence-electron chi connectivity index (χ4n) is 1.67. The summed E-state index contributed by atoms with van der Waals surface area (Å²) in [5, 5.41) is 18.5. The summed E-state index contributed by atoms with van der Waals surface area (Å²) < 4.78 is 0. The molecule has 1 aromatic carbocycles. The predicted molar refractivity (Wildman–Crippen MR) is 77.4 cm³/mol. The van der Waals surface area contributed by atoms with Crippen molar-refractivity contribution < 1.29 is 10.0 Å². The van der Waals surface area contributed by atoms with Crippen LogP contribution in [0.2, 0.25) is 0 Å². The number of carbonyl (C=O) groups is 1. The molecule has 0 aliphatic carbocycles. The molecule has 19 heavy (non-hydrogen) atoms. The Balaban J connectivity index is 2.20. The molecule has 1 aromatic heterocycles. The van der Waals surface area contributed by atoms with Crippen LogP contribution >= 0.6 is 11.3 Å². The van der Waals surface area contributed by atoms with Crippen LogP contribution in [0, 0.1) is 6.92 Å². The smallest absolute Gasteiger partial charge is 0.256 e. The fraction of sp³-hybridized carbons (Fsp3) is 0.143. The Morgan fingerprint density at radius 3 is 2.79 bits per heavy atom. The lowest BCUT2D eigenvalue weighted by molar-refractivity contribution is 0.102. The molecule has 0 atom stereocenters. The van der Waals surface area contributed by atoms with Gasteiger partial charge in [-0.2, -0.15) is 11.3 Å². The third kappa shape index (κ3) is 3.00. The highest BCUT2D eigenvalue weighted by atomic mass is 32.1. The van der Waals surface area contributed by atoms with Gasteiger partial charge in [0.25, 0.3) is 5.91 Å². The van der Waals surface area contributed by atoms with Crippen LogP contribution in [0.15, 0.2) is 40.2 Å². The number of anilines is 1. The van der Waals surface area contributed by atoms with Crippen molar-refractivity contribution in [2.75, 3.05) is 5.32 Å². The molecule has 0 spiro atoms. The van der Waals surface area contributed by atoms with Gasteiger partial charge in [-0.25, -0.2) is 0 Å². The second kappa shape index (κ2) is 5.67. The van der Waals surface area contributed by atoms with E-state index < -0.39 is 0 Å². The Kier molecular flexibility index (Phi) is 3.97. The third-order valence-corrected chi connectivity index (χ3v) is 3.65. The zero-order valence-electron chi connectivity index (χ0n) is 10.7. The van der Waals surface area contributed by atoms with E-state index in [0.717, 1.165) is 11.1 Å². The number of benzene rings is 1. The molecular weight excluding hydrogens is 260 g/mol. The van der Waals surface area contributed by atoms with Crippen molar-refractivity contribution in [3.8, 4) is 0 Å². The van der Waals surface area contributed by atoms with Crippen LogP contribution in [0.4, 0.5) is 5.69 Å². The predicted octanol–water partition coefficient (Wildman–Crippen LogP) is 3.51. The van der Waals surface area contributed by atoms with Crippen molar-refractivity contribution in [3.05, 3.63) is 51.7 Å². The number of nitrogens with one attached hydrogen (secondary N) is 1. The maximum atomic E-state index is 12.1. The number of rotatable bonds is 3. The Morgan fingerprint density at radius 1 is 1.37 bits per heavy atom. The van der Waals surface area contributed by atoms with E-state index in [1.54, 1.807) is 25.1 Å². The Labute approximate surface area is 115 Å². The SMILES string of the molecule is CC(=NO)c1cccc(NC(=O)c2cscc2C)c1. The third-order valence-electron chi connectivity index (χ3n) is 2.79. The number of hydrogen-bond donors (Lipinski definition) is 2. The normalized spacial score (nSPS) is 11.4. The van der Waals surface area contributed by atoms with Gasteiger partial charge in [-0.3, -0.25) is 4.79 Å². The second-order valence-electron chi connectivity index (χ2n) is 4.19. The lowest BCUT2D eigenvalue weighted by atomic mass is 10.1. The molecule has 2 N–H and O–H groups in total. The van der Waals surface area contributed by atoms with Gasteiger partial charge in [-0.1, -0.05) is 17.3 Å². The molecule has 2 aromatic rings. The first-order valence-electron chi connectivity index (χ1n) is 5.75. The number of amides is 1. The van der Waals surface area contributed by atoms with E-state index >= 15 is 0 Å². The summed E-state index contributed by atoms with van der Waals surface area (Å²) in [6, 6.07) is 7.20. The van der Waals surface area contributed by atoms with Crippen LogP contribution in [-0.4, -0.2) is 16.8 Å². The van der Waals surface area contributed by atoms with Gasteiger partial charge in [0.2, 0.25) is 0 Å². The minimum atomic E-state index is -0.130. The number of carbonyl (C=O) groups excluding carboxylic acids is 1. The molecule has 1 heterocycles. The van der Waals surface area contributed by atoms with E-state index in [1.165, 1.54) is 11.3 Å². The molecule has 0 radical (unpaired) electrons. The van der Waals surface area contributed by atoms with Gasteiger partial charge in [0, 0.05) is 16.6 Å². The first-order valence-corrected chi connectivity index (χ1v) is 6.69. The molecule has 0 aliphatic rings. The number of oxime groups is 1. The van der Waals surface area contributed by atoms with Gasteiger partial charge in [0.1, 0.15) is 0 Å². The number of aryl methyl sites for hydroxylation is 1. The maximum Gasteiger partial charge on any atom is 0.256 e. The van der Waals surface area contributed by atoms with Crippen LogP contribution in [-0.2, 0) is 0 Å². The summed E-state index contributed by atoms with van der Waals surface area (Å²) in [6.45, 7) is 3.61. The van der Waals surface area contributed by atoms with E-state index in [2.05, 4.69) is 10.5 Å². The molecular formula is C14H14N2O2S. The fourth-order valence-corrected chi connectivity index (χ4v) is 2.50. The van der Waals surface area contributed by atoms with E-state index in [-0.39, 0.29) is 5.91 Å². The summed E-state index contributed by atoms with van der Waals surface area (Å²) in [4.78, 5) is 12.1. The van der Waals surface area contributed by atoms with Crippen molar-refractivity contribution in [1.29, 1.82) is 0 Å². The summed E-state index contributed by atoms with van der Waals surface area (Å²) in [5.74, 6) is -0.130. The lowest BCUT2D eigenvalue weighted by Crippen LogP contribution is -2.12. The molecule has 0 saturated carbocycles. The van der Waals surface area contributed by atoms with Gasteiger partial charge in [0.05, 0.1) is 11.3 Å². The van der Waals surface area contributed by atoms with E-state index in [9.17, 15) is 4.79 Å². The van der Waals surface area contributed by atoms with Gasteiger partial charge in [-0.05, 0) is 36.9 Å². The highest BCUT2D eigenvalue weighted by molar-refractivity contribution is 7.08. The van der Waals surface area contributed by atoms with Crippen LogP contribution in [0.5, 0.6) is 0 Å². The molecule has 5 heteroatoms. The van der Waals surface area contributed by atoms with Gasteiger partial charge in [0.15, 0.2) is 0 Å². The zero-order chi connectivity index (χ0) is 13.8. The highest BCUT2D eigenvalue weighted by Gasteiger charge is 2.10. The van der Waals surface area contributed by atoms with Crippen LogP contribution in [0.25, 0.3) is 0 Å². The summed E-state index contributed by atoms with van der Waals surface area (Å²) in [5.41, 5.74) is 3.59. The second-order valence-corrected chi connectivity index (χ2v) is 4.93. The van der Waals surface area contributed by atoms with Crippen molar-refractivity contribution in [1.82, 2.24) is 0 Å². The largest absolute Gasteiger partial charge is 0.411 e. The summed E-state index contributed by atoms with van der Waals surface area (Å²) in [7, 11) is 0. The monoisotopic (exact) mass is 274 g/mol. The van der Waals surface area contributed by atoms with E-state index in [1.807, 2.05) is 23.8 Å². The quantitative estimate of drug-likeness (QED) is 0.511. The lowest BCUT2D eigenvalue weighted by Gasteiger charge is -2.06. The minimum absolute atomic E-state index is 0.130. The maximum absolute atomic E-state index is 12.1. The molecule has 0 bridgehead atoms. The molecule has 0 aliphatic heterocycles. The molecule has 0 unspecified atom stereocenters. The molecule has 0 fully saturated rings. The molecule has 4 nitrogen and oxygen atoms in total. The van der Waals surface area contributed by atoms with E-state index in [0.29, 0.717) is 17.0 Å². The van der Waals surface area contributed by atoms with Crippen molar-refractivity contribution in [3.63, 3.8) is 0 Å². The zero-order valence-corrected chi connectivity index (χ0v) is 11.5. The highest BCUT2D eigenvalue weighted by Crippen LogP contribution is 2.17. The summed E-state index contributed by atoms with van der Waals surface area (Å²) in [6.07, 6.45) is 0. The average Bonchev–Trinajstić information content (AvgIpc) is 2.84. The Hall–Kier alpha value is -2.14. The van der Waals surface area contributed by atoms with Crippen molar-refractivity contribution in [2.24, 2.45) is 5.16 Å². The van der Waals surface area contributed by atoms with Gasteiger partial charge in [-0.15, -0.1) is 0 Å². The van der Waals surface area contributed by atoms with Crippen LogP contribution in [0.3, 0.4) is 0 Å². The first kappa shape index (κ1) is 13.3. The molecule has 0 saturated heterocycles. The van der Waals surface area contributed by atoms with Crippen molar-refractivity contribution in [2.45, 2.75) is 13.8 Å². The molecule has 98 valence electrons. The van der Waals surface area contributed by atoms with Crippen LogP contribution in [0.1, 0.15) is 28.4 Å². The standard InChI is InChI=1S/C14H14N2O2S/c1-9-7-19-8-13(9)14(17)15-12-5-3-4-11(6-12)10(2)16-18/h3-8,18H,1-2H3,(H,15,17). The number of hydrogen-bond acceptors (Lipinski definition) is 4. The van der Waals surface area contributed by atoms with Crippen molar-refractivity contribution >= 4 is 28.6 Å². The topological polar surface area (TPSA) is 61.7 Å². The summed E-state index contributed by atoms with van der Waals surface area (Å²) >= 11 is 1.50. The number of thiophene rings is 1. The average molecular weight is 274 g/mol. The minimum Gasteiger partial charge on any atom is -0.411 e. The Morgan fingerprint density at radius 2 is 2.16 bits per heavy atom. The molecule has 2 rings (SSSR count). The van der Waals surface area contributed by atoms with Gasteiger partial charge >= 0.3 is 0 Å². The van der Waals surface area contributed by atoms with Crippen LogP contribution < -0.4 is 5.32 Å². The first-order chi connectivity index (χ1) is 9.11. The molecule has 1 amide bonds.